The number of alkyl halides is 3. The second-order valence-corrected chi connectivity index (χ2v) is 9.67. The van der Waals surface area contributed by atoms with Gasteiger partial charge in [-0.3, -0.25) is 9.59 Å². The number of fused-ring (bicyclic) bond motifs is 1. The molecule has 212 valence electrons. The van der Waals surface area contributed by atoms with Crippen LogP contribution in [-0.4, -0.2) is 77.8 Å². The van der Waals surface area contributed by atoms with Crippen LogP contribution in [0.15, 0.2) is 48.5 Å². The van der Waals surface area contributed by atoms with Gasteiger partial charge in [0.05, 0.1) is 31.2 Å². The maximum atomic E-state index is 13.5. The Morgan fingerprint density at radius 1 is 1.15 bits per heavy atom. The normalized spacial score (nSPS) is 18.2. The minimum absolute atomic E-state index is 0.0808. The molecule has 0 radical (unpaired) electrons. The number of hydrogen-bond acceptors (Lipinski definition) is 5. The first-order chi connectivity index (χ1) is 18.4. The van der Waals surface area contributed by atoms with Crippen molar-refractivity contribution in [3.8, 4) is 5.75 Å². The molecule has 1 aliphatic heterocycles. The van der Waals surface area contributed by atoms with Crippen LogP contribution in [0.1, 0.15) is 37.0 Å². The molecule has 0 fully saturated rings. The first-order valence-corrected chi connectivity index (χ1v) is 12.5. The topological polar surface area (TPSA) is 111 Å². The number of benzene rings is 2. The van der Waals surface area contributed by atoms with Crippen molar-refractivity contribution in [2.24, 2.45) is 5.92 Å². The van der Waals surface area contributed by atoms with Crippen LogP contribution >= 0.6 is 0 Å². The summed E-state index contributed by atoms with van der Waals surface area (Å²) in [5.41, 5.74) is 0.848. The minimum atomic E-state index is -4.47. The molecule has 0 saturated carbocycles. The van der Waals surface area contributed by atoms with Crippen LogP contribution in [0.5, 0.6) is 5.75 Å². The molecule has 3 N–H and O–H groups in total. The quantitative estimate of drug-likeness (QED) is 0.453. The zero-order chi connectivity index (χ0) is 28.7. The highest BCUT2D eigenvalue weighted by Gasteiger charge is 2.34. The van der Waals surface area contributed by atoms with Crippen LogP contribution in [-0.2, 0) is 4.79 Å². The van der Waals surface area contributed by atoms with Gasteiger partial charge < -0.3 is 30.3 Å². The van der Waals surface area contributed by atoms with Gasteiger partial charge in [-0.2, -0.15) is 13.2 Å². The van der Waals surface area contributed by atoms with E-state index in [1.807, 2.05) is 13.0 Å². The summed E-state index contributed by atoms with van der Waals surface area (Å²) in [4.78, 5) is 41.2. The Kier molecular flexibility index (Phi) is 9.79. The van der Waals surface area contributed by atoms with Gasteiger partial charge in [0.2, 0.25) is 5.91 Å². The molecule has 0 aliphatic carbocycles. The van der Waals surface area contributed by atoms with Gasteiger partial charge in [0, 0.05) is 37.3 Å². The van der Waals surface area contributed by atoms with Crippen molar-refractivity contribution >= 4 is 29.2 Å². The fraction of sp³-hybridized carbons (Fsp3) is 0.444. The van der Waals surface area contributed by atoms with E-state index in [0.29, 0.717) is 5.69 Å². The van der Waals surface area contributed by atoms with E-state index in [0.717, 1.165) is 0 Å². The van der Waals surface area contributed by atoms with Gasteiger partial charge >= 0.3 is 12.2 Å². The molecule has 4 amide bonds. The summed E-state index contributed by atoms with van der Waals surface area (Å²) in [6, 6.07) is 12.3. The molecule has 3 atom stereocenters. The largest absolute Gasteiger partial charge is 0.487 e. The van der Waals surface area contributed by atoms with Gasteiger partial charge in [-0.15, -0.1) is 0 Å². The molecule has 1 heterocycles. The van der Waals surface area contributed by atoms with E-state index in [-0.39, 0.29) is 48.6 Å². The highest BCUT2D eigenvalue weighted by molar-refractivity contribution is 6.00. The Bertz CT molecular complexity index is 1160. The lowest BCUT2D eigenvalue weighted by Crippen LogP contribution is -2.50. The summed E-state index contributed by atoms with van der Waals surface area (Å²) in [5, 5.41) is 15.0. The third-order valence-corrected chi connectivity index (χ3v) is 6.41. The maximum absolute atomic E-state index is 13.5. The molecular weight excluding hydrogens is 517 g/mol. The average molecular weight is 551 g/mol. The van der Waals surface area contributed by atoms with Crippen LogP contribution in [0.2, 0.25) is 0 Å². The van der Waals surface area contributed by atoms with Crippen LogP contribution in [0.25, 0.3) is 0 Å². The minimum Gasteiger partial charge on any atom is -0.487 e. The number of amides is 4. The Morgan fingerprint density at radius 2 is 1.85 bits per heavy atom. The molecule has 3 rings (SSSR count). The summed E-state index contributed by atoms with van der Waals surface area (Å²) in [6.07, 6.45) is -7.04. The molecule has 39 heavy (non-hydrogen) atoms. The number of aliphatic hydroxyl groups is 1. The van der Waals surface area contributed by atoms with Crippen molar-refractivity contribution in [2.75, 3.05) is 37.4 Å². The molecular formula is C27H33F3N4O5. The van der Waals surface area contributed by atoms with E-state index >= 15 is 0 Å². The Balaban J connectivity index is 1.83. The van der Waals surface area contributed by atoms with Crippen molar-refractivity contribution in [1.82, 2.24) is 9.80 Å². The predicted molar refractivity (Wildman–Crippen MR) is 140 cm³/mol. The van der Waals surface area contributed by atoms with Gasteiger partial charge in [-0.25, -0.2) is 4.79 Å². The lowest BCUT2D eigenvalue weighted by Gasteiger charge is -2.38. The Morgan fingerprint density at radius 3 is 2.49 bits per heavy atom. The average Bonchev–Trinajstić information content (AvgIpc) is 2.89. The first kappa shape index (κ1) is 29.8. The summed E-state index contributed by atoms with van der Waals surface area (Å²) in [5.74, 6) is -1.36. The molecule has 0 aromatic heterocycles. The summed E-state index contributed by atoms with van der Waals surface area (Å²) in [7, 11) is 1.62. The summed E-state index contributed by atoms with van der Waals surface area (Å²) < 4.78 is 43.7. The van der Waals surface area contributed by atoms with E-state index in [1.165, 1.54) is 28.0 Å². The molecule has 0 bridgehead atoms. The van der Waals surface area contributed by atoms with Crippen molar-refractivity contribution < 1.29 is 37.4 Å². The van der Waals surface area contributed by atoms with Crippen molar-refractivity contribution in [3.63, 3.8) is 0 Å². The van der Waals surface area contributed by atoms with Crippen LogP contribution in [0, 0.1) is 5.92 Å². The second-order valence-electron chi connectivity index (χ2n) is 9.67. The molecule has 0 spiro atoms. The van der Waals surface area contributed by atoms with E-state index < -0.39 is 43.0 Å². The van der Waals surface area contributed by atoms with Gasteiger partial charge in [0.15, 0.2) is 0 Å². The molecule has 0 unspecified atom stereocenters. The van der Waals surface area contributed by atoms with Crippen LogP contribution in [0.4, 0.5) is 29.3 Å². The zero-order valence-electron chi connectivity index (χ0n) is 22.0. The lowest BCUT2D eigenvalue weighted by molar-refractivity contribution is -0.142. The summed E-state index contributed by atoms with van der Waals surface area (Å²) in [6.45, 7) is 3.64. The number of rotatable bonds is 8. The standard InChI is InChI=1S/C27H33F3N4O5/c1-17-14-34(18(2)16-35)25(37)21-13-20(31-24(36)11-12-27(28,29)30)9-10-22(21)39-23(17)15-33(3)26(38)32-19-7-5-4-6-8-19/h4-10,13,17-18,23,35H,11-12,14-16H2,1-3H3,(H,31,36)(H,32,38)/t17-,18-,23+/m1/s1. The van der Waals surface area contributed by atoms with Crippen LogP contribution < -0.4 is 15.4 Å². The number of nitrogens with zero attached hydrogens (tertiary/aromatic N) is 2. The third kappa shape index (κ3) is 8.34. The molecule has 2 aromatic rings. The number of urea groups is 1. The third-order valence-electron chi connectivity index (χ3n) is 6.41. The number of nitrogens with one attached hydrogen (secondary N) is 2. The number of ether oxygens (including phenoxy) is 1. The molecule has 0 saturated heterocycles. The Hall–Kier alpha value is -3.80. The smallest absolute Gasteiger partial charge is 0.389 e. The van der Waals surface area contributed by atoms with Crippen molar-refractivity contribution in [1.29, 1.82) is 0 Å². The number of anilines is 2. The number of likely N-dealkylation sites (N-methyl/N-ethyl adjacent to an activating group) is 1. The monoisotopic (exact) mass is 550 g/mol. The van der Waals surface area contributed by atoms with Gasteiger partial charge in [0.25, 0.3) is 5.91 Å². The maximum Gasteiger partial charge on any atom is 0.389 e. The number of halogens is 3. The van der Waals surface area contributed by atoms with Gasteiger partial charge in [-0.05, 0) is 37.3 Å². The molecule has 2 aromatic carbocycles. The first-order valence-electron chi connectivity index (χ1n) is 12.5. The van der Waals surface area contributed by atoms with E-state index in [9.17, 15) is 32.7 Å². The zero-order valence-corrected chi connectivity index (χ0v) is 22.0. The van der Waals surface area contributed by atoms with Gasteiger partial charge in [0.1, 0.15) is 11.9 Å². The summed E-state index contributed by atoms with van der Waals surface area (Å²) >= 11 is 0. The van der Waals surface area contributed by atoms with E-state index in [1.54, 1.807) is 38.2 Å². The molecule has 9 nitrogen and oxygen atoms in total. The lowest BCUT2D eigenvalue weighted by atomic mass is 9.99. The fourth-order valence-electron chi connectivity index (χ4n) is 4.09. The number of hydrogen-bond donors (Lipinski definition) is 3. The van der Waals surface area contributed by atoms with Crippen molar-refractivity contribution in [2.45, 2.75) is 45.0 Å². The highest BCUT2D eigenvalue weighted by Crippen LogP contribution is 2.31. The number of para-hydroxylation sites is 1. The van der Waals surface area contributed by atoms with E-state index in [2.05, 4.69) is 10.6 Å². The molecule has 12 heteroatoms. The van der Waals surface area contributed by atoms with Gasteiger partial charge in [-0.1, -0.05) is 25.1 Å². The number of carbonyl (C=O) groups is 3. The van der Waals surface area contributed by atoms with Crippen molar-refractivity contribution in [3.05, 3.63) is 54.1 Å². The van der Waals surface area contributed by atoms with Crippen LogP contribution in [0.3, 0.4) is 0 Å². The Labute approximate surface area is 224 Å². The van der Waals surface area contributed by atoms with E-state index in [4.69, 9.17) is 4.74 Å². The number of aliphatic hydroxyl groups excluding tert-OH is 1. The highest BCUT2D eigenvalue weighted by atomic mass is 19.4. The molecule has 1 aliphatic rings. The SMILES string of the molecule is C[C@@H]1CN([C@H](C)CO)C(=O)c2cc(NC(=O)CCC(F)(F)F)ccc2O[C@H]1CN(C)C(=O)Nc1ccccc1. The number of carbonyl (C=O) groups excluding carboxylic acids is 3. The predicted octanol–water partition coefficient (Wildman–Crippen LogP) is 4.35. The second kappa shape index (κ2) is 12.8. The fourth-order valence-corrected chi connectivity index (χ4v) is 4.09.